The third kappa shape index (κ3) is 14.6. The minimum atomic E-state index is -2.08. The average Bonchev–Trinajstić information content (AvgIpc) is 3.28. The van der Waals surface area contributed by atoms with Gasteiger partial charge in [-0.25, -0.2) is 0 Å². The number of rotatable bonds is 6. The van der Waals surface area contributed by atoms with Crippen LogP contribution in [-0.2, 0) is 42.9 Å². The quantitative estimate of drug-likeness (QED) is 0.183. The van der Waals surface area contributed by atoms with E-state index in [9.17, 15) is 34.5 Å². The van der Waals surface area contributed by atoms with E-state index in [0.717, 1.165) is 24.8 Å². The third-order valence-corrected chi connectivity index (χ3v) is 15.0. The molecule has 3 heterocycles. The van der Waals surface area contributed by atoms with E-state index < -0.39 is 77.9 Å². The van der Waals surface area contributed by atoms with E-state index >= 15 is 0 Å². The summed E-state index contributed by atoms with van der Waals surface area (Å²) >= 11 is 0. The molecule has 3 fully saturated rings. The predicted octanol–water partition coefficient (Wildman–Crippen LogP) is 7.04. The zero-order valence-electron chi connectivity index (χ0n) is 41.3. The number of carbonyl (C=O) groups excluding carboxylic acids is 4. The van der Waals surface area contributed by atoms with Crippen LogP contribution in [0.3, 0.4) is 0 Å². The summed E-state index contributed by atoms with van der Waals surface area (Å²) in [6.07, 6.45) is 13.2. The average molecular weight is 914 g/mol. The van der Waals surface area contributed by atoms with Gasteiger partial charge in [-0.05, 0) is 114 Å². The highest BCUT2D eigenvalue weighted by atomic mass is 16.6. The number of methoxy groups -OCH3 is 3. The molecule has 368 valence electrons. The van der Waals surface area contributed by atoms with Gasteiger partial charge in [0.25, 0.3) is 0 Å². The molecule has 0 aromatic carbocycles. The Morgan fingerprint density at radius 1 is 0.846 bits per heavy atom. The second-order valence-electron chi connectivity index (χ2n) is 20.0. The Hall–Kier alpha value is -2.88. The van der Waals surface area contributed by atoms with Crippen LogP contribution in [0.15, 0.2) is 47.6 Å². The molecule has 13 nitrogen and oxygen atoms in total. The molecule has 0 amide bonds. The van der Waals surface area contributed by atoms with Gasteiger partial charge in [0.15, 0.2) is 5.78 Å². The Balaban J connectivity index is 1.70. The molecule has 2 saturated heterocycles. The highest BCUT2D eigenvalue weighted by molar-refractivity contribution is 5.91. The van der Waals surface area contributed by atoms with Crippen LogP contribution >= 0.6 is 0 Å². The fraction of sp³-hybridized carbons (Fsp3) is 0.769. The van der Waals surface area contributed by atoms with Gasteiger partial charge in [-0.1, -0.05) is 77.5 Å². The maximum absolute atomic E-state index is 14.5. The molecule has 0 aromatic rings. The van der Waals surface area contributed by atoms with Gasteiger partial charge in [-0.15, -0.1) is 0 Å². The first-order chi connectivity index (χ1) is 30.7. The molecule has 2 bridgehead atoms. The molecule has 0 radical (unpaired) electrons. The van der Waals surface area contributed by atoms with Gasteiger partial charge in [0, 0.05) is 51.9 Å². The standard InChI is InChI=1S/C52H83NO12/c1-31-17-13-12-14-18-32(2)44(61-9)29-40-22-20-37(7)52(60,65-40)50(58)38(8)53-24-16-15-19-41(53)51(59)64-45(34(4)27-39-21-23-42(54)46(28-39)62-10)30-43(55)33(3)26-36(6)48(57)49(63-11)47(56)35(5)25-31/h12-14,17-18,26,31,33-35,37-42,44-46,48-49,54,57,60H,15-16,19-25,27-30H2,1-11H3/b14-12+,17-13+,32-18+,36-26+/t31-,33-,34-,35-,37-,38?,39+,40+,41+,42-,44+,45+,46-,48-,49+,52-/m1/s1. The number of allylic oxidation sites excluding steroid dienone is 6. The molecule has 0 spiro atoms. The van der Waals surface area contributed by atoms with Crippen molar-refractivity contribution >= 4 is 23.3 Å². The van der Waals surface area contributed by atoms with Gasteiger partial charge in [0.05, 0.1) is 30.5 Å². The number of Topliss-reactive ketones (excluding diaryl/α,β-unsaturated/α-hetero) is 3. The highest BCUT2D eigenvalue weighted by Gasteiger charge is 2.52. The van der Waals surface area contributed by atoms with Crippen molar-refractivity contribution in [2.24, 2.45) is 35.5 Å². The van der Waals surface area contributed by atoms with Gasteiger partial charge in [0.2, 0.25) is 11.6 Å². The molecule has 4 aliphatic rings. The lowest BCUT2D eigenvalue weighted by Gasteiger charge is -2.45. The van der Waals surface area contributed by atoms with Crippen molar-refractivity contribution in [2.45, 2.75) is 193 Å². The molecule has 0 aromatic heterocycles. The summed E-state index contributed by atoms with van der Waals surface area (Å²) in [6, 6.07) is -1.67. The Labute approximate surface area is 389 Å². The number of esters is 1. The van der Waals surface area contributed by atoms with Crippen molar-refractivity contribution in [3.63, 3.8) is 0 Å². The number of nitrogens with zero attached hydrogens (tertiary/aromatic N) is 1. The number of fused-ring (bicyclic) bond motifs is 3. The number of aliphatic hydroxyl groups is 3. The van der Waals surface area contributed by atoms with E-state index in [1.165, 1.54) is 7.11 Å². The molecule has 3 aliphatic heterocycles. The normalized spacial score (nSPS) is 41.8. The highest BCUT2D eigenvalue weighted by Crippen LogP contribution is 2.38. The van der Waals surface area contributed by atoms with Gasteiger partial charge >= 0.3 is 5.97 Å². The van der Waals surface area contributed by atoms with Crippen LogP contribution in [0.2, 0.25) is 0 Å². The van der Waals surface area contributed by atoms with Crippen LogP contribution in [0.5, 0.6) is 0 Å². The van der Waals surface area contributed by atoms with Gasteiger partial charge < -0.3 is 39.0 Å². The van der Waals surface area contributed by atoms with E-state index in [4.69, 9.17) is 23.7 Å². The molecular weight excluding hydrogens is 831 g/mol. The molecule has 1 aliphatic carbocycles. The molecule has 1 unspecified atom stereocenters. The van der Waals surface area contributed by atoms with Gasteiger partial charge in [-0.3, -0.25) is 24.1 Å². The smallest absolute Gasteiger partial charge is 0.323 e. The summed E-state index contributed by atoms with van der Waals surface area (Å²) in [4.78, 5) is 58.8. The lowest BCUT2D eigenvalue weighted by Crippen LogP contribution is -2.61. The Bertz CT molecular complexity index is 1710. The first-order valence-corrected chi connectivity index (χ1v) is 24.4. The fourth-order valence-corrected chi connectivity index (χ4v) is 10.6. The SMILES string of the molecule is CO[C@H]1C[C@@H]2CC[C@@H](C)[C@@](O)(O2)C(=O)C(C)N2CCCC[C@H]2C(=O)O[C@H]([C@H](C)C[C@@H]2CC[C@@H](O)[C@H](OC)C2)CC(=O)[C@H](C)/C=C(\C)[C@@H](O)[C@@H](OC)C(=O)[C@H](C)C[C@H](C)/C=C/C=C/C=C/1C. The number of ketones is 3. The van der Waals surface area contributed by atoms with Crippen molar-refractivity contribution in [2.75, 3.05) is 27.9 Å². The zero-order valence-corrected chi connectivity index (χ0v) is 41.3. The van der Waals surface area contributed by atoms with Crippen LogP contribution in [-0.4, -0.2) is 132 Å². The third-order valence-electron chi connectivity index (χ3n) is 15.0. The van der Waals surface area contributed by atoms with Crippen molar-refractivity contribution in [3.8, 4) is 0 Å². The lowest BCUT2D eigenvalue weighted by atomic mass is 9.78. The minimum absolute atomic E-state index is 0.0432. The summed E-state index contributed by atoms with van der Waals surface area (Å²) in [5, 5.41) is 34.1. The first-order valence-electron chi connectivity index (χ1n) is 24.4. The number of aliphatic hydroxyl groups excluding tert-OH is 2. The Morgan fingerprint density at radius 2 is 1.57 bits per heavy atom. The second kappa shape index (κ2) is 25.5. The molecule has 65 heavy (non-hydrogen) atoms. The fourth-order valence-electron chi connectivity index (χ4n) is 10.6. The van der Waals surface area contributed by atoms with Crippen molar-refractivity contribution in [1.29, 1.82) is 0 Å². The number of hydrogen-bond acceptors (Lipinski definition) is 13. The Morgan fingerprint density at radius 3 is 2.25 bits per heavy atom. The van der Waals surface area contributed by atoms with Crippen LogP contribution in [0.25, 0.3) is 0 Å². The van der Waals surface area contributed by atoms with Crippen molar-refractivity contribution in [3.05, 3.63) is 47.6 Å². The molecule has 4 rings (SSSR count). The molecule has 16 atom stereocenters. The minimum Gasteiger partial charge on any atom is -0.460 e. The Kier molecular flexibility index (Phi) is 21.4. The van der Waals surface area contributed by atoms with Crippen molar-refractivity contribution in [1.82, 2.24) is 4.90 Å². The number of hydrogen-bond donors (Lipinski definition) is 3. The van der Waals surface area contributed by atoms with Crippen LogP contribution in [0.1, 0.15) is 132 Å². The van der Waals surface area contributed by atoms with Crippen LogP contribution in [0, 0.1) is 35.5 Å². The van der Waals surface area contributed by atoms with Crippen molar-refractivity contribution < 1.29 is 58.2 Å². The summed E-state index contributed by atoms with van der Waals surface area (Å²) in [6.45, 7) is 15.2. The molecular formula is C52H83NO12. The van der Waals surface area contributed by atoms with Gasteiger partial charge in [-0.2, -0.15) is 0 Å². The monoisotopic (exact) mass is 914 g/mol. The summed E-state index contributed by atoms with van der Waals surface area (Å²) in [5.74, 6) is -5.17. The first kappa shape index (κ1) is 54.7. The predicted molar refractivity (Wildman–Crippen MR) is 250 cm³/mol. The van der Waals surface area contributed by atoms with Crippen LogP contribution in [0.4, 0.5) is 0 Å². The van der Waals surface area contributed by atoms with Gasteiger partial charge in [0.1, 0.15) is 30.1 Å². The second-order valence-corrected chi connectivity index (χ2v) is 20.0. The zero-order chi connectivity index (χ0) is 48.2. The van der Waals surface area contributed by atoms with Crippen LogP contribution < -0.4 is 0 Å². The maximum atomic E-state index is 14.5. The molecule has 13 heteroatoms. The van der Waals surface area contributed by atoms with E-state index in [1.807, 2.05) is 69.9 Å². The maximum Gasteiger partial charge on any atom is 0.323 e. The molecule has 1 saturated carbocycles. The van der Waals surface area contributed by atoms with E-state index in [0.29, 0.717) is 63.5 Å². The summed E-state index contributed by atoms with van der Waals surface area (Å²) in [7, 11) is 4.62. The summed E-state index contributed by atoms with van der Waals surface area (Å²) < 4.78 is 29.9. The topological polar surface area (TPSA) is 178 Å². The number of cyclic esters (lactones) is 1. The van der Waals surface area contributed by atoms with E-state index in [1.54, 1.807) is 41.1 Å². The number of piperidine rings is 1. The van der Waals surface area contributed by atoms with E-state index in [2.05, 4.69) is 0 Å². The lowest BCUT2D eigenvalue weighted by molar-refractivity contribution is -0.269. The number of carbonyl (C=O) groups is 4. The number of ether oxygens (including phenoxy) is 5. The largest absolute Gasteiger partial charge is 0.460 e. The molecule has 3 N–H and O–H groups in total. The van der Waals surface area contributed by atoms with E-state index in [-0.39, 0.29) is 47.9 Å². The summed E-state index contributed by atoms with van der Waals surface area (Å²) in [5.41, 5.74) is 1.37.